The highest BCUT2D eigenvalue weighted by Crippen LogP contribution is 2.52. The van der Waals surface area contributed by atoms with Crippen LogP contribution in [-0.4, -0.2) is 71.7 Å². The van der Waals surface area contributed by atoms with E-state index in [-0.39, 0.29) is 17.8 Å². The Hall–Kier alpha value is -3.86. The van der Waals surface area contributed by atoms with Crippen LogP contribution in [0.1, 0.15) is 23.0 Å². The predicted molar refractivity (Wildman–Crippen MR) is 115 cm³/mol. The van der Waals surface area contributed by atoms with Crippen LogP contribution in [0.4, 0.5) is 0 Å². The van der Waals surface area contributed by atoms with E-state index in [1.54, 1.807) is 18.9 Å². The standard InChI is InChI=1S/C22H24N6O5/c1-28(11-17(23)29)9-8-13-10-16-20(33-12-32-16)21(31-3)18(13)19(28)22-24-25-26-27(22)14-4-6-15(30-2)7-5-14/h4-7,10,19H,8-9,11-12H2,1-3H3,(H-,23,29)/p+1/t19-,28+/m0/s1. The van der Waals surface area contributed by atoms with Crippen LogP contribution in [0.15, 0.2) is 30.3 Å². The van der Waals surface area contributed by atoms with E-state index in [2.05, 4.69) is 15.5 Å². The average molecular weight is 453 g/mol. The molecule has 1 amide bonds. The van der Waals surface area contributed by atoms with Crippen LogP contribution < -0.4 is 24.7 Å². The van der Waals surface area contributed by atoms with Gasteiger partial charge in [-0.2, -0.15) is 4.68 Å². The first-order chi connectivity index (χ1) is 15.9. The SMILES string of the molecule is COc1ccc(-n2nnnc2[C@@H]2c3c(cc4c(c3OC)OCO4)CC[N@+]2(C)CC(N)=O)cc1. The Balaban J connectivity index is 1.73. The topological polar surface area (TPSA) is 124 Å². The summed E-state index contributed by atoms with van der Waals surface area (Å²) in [5, 5.41) is 12.6. The number of fused-ring (bicyclic) bond motifs is 2. The summed E-state index contributed by atoms with van der Waals surface area (Å²) in [7, 11) is 5.18. The van der Waals surface area contributed by atoms with Crippen molar-refractivity contribution in [1.82, 2.24) is 20.2 Å². The number of rotatable bonds is 6. The van der Waals surface area contributed by atoms with Gasteiger partial charge in [0.05, 0.1) is 39.1 Å². The second kappa shape index (κ2) is 7.93. The van der Waals surface area contributed by atoms with Crippen LogP contribution in [0.3, 0.4) is 0 Å². The smallest absolute Gasteiger partial charge is 0.272 e. The Morgan fingerprint density at radius 1 is 1.24 bits per heavy atom. The summed E-state index contributed by atoms with van der Waals surface area (Å²) in [5.74, 6) is 2.61. The molecule has 2 atom stereocenters. The van der Waals surface area contributed by atoms with Gasteiger partial charge in [-0.05, 0) is 46.3 Å². The zero-order valence-electron chi connectivity index (χ0n) is 18.6. The van der Waals surface area contributed by atoms with E-state index in [0.29, 0.717) is 36.0 Å². The maximum absolute atomic E-state index is 12.1. The van der Waals surface area contributed by atoms with Crippen molar-refractivity contribution in [1.29, 1.82) is 0 Å². The van der Waals surface area contributed by atoms with E-state index in [0.717, 1.165) is 22.6 Å². The summed E-state index contributed by atoms with van der Waals surface area (Å²) < 4.78 is 24.4. The maximum Gasteiger partial charge on any atom is 0.272 e. The van der Waals surface area contributed by atoms with Crippen molar-refractivity contribution in [2.24, 2.45) is 5.73 Å². The number of carbonyl (C=O) groups is 1. The van der Waals surface area contributed by atoms with Gasteiger partial charge in [-0.25, -0.2) is 0 Å². The van der Waals surface area contributed by atoms with Crippen molar-refractivity contribution in [2.75, 3.05) is 41.1 Å². The fraction of sp³-hybridized carbons (Fsp3) is 0.364. The molecule has 0 spiro atoms. The molecule has 0 saturated carbocycles. The van der Waals surface area contributed by atoms with E-state index in [1.165, 1.54) is 0 Å². The van der Waals surface area contributed by atoms with Crippen molar-refractivity contribution in [3.8, 4) is 28.7 Å². The summed E-state index contributed by atoms with van der Waals surface area (Å²) in [4.78, 5) is 12.1. The number of carbonyl (C=O) groups excluding carboxylic acids is 1. The lowest BCUT2D eigenvalue weighted by molar-refractivity contribution is -0.929. The molecule has 1 aromatic heterocycles. The highest BCUT2D eigenvalue weighted by molar-refractivity contribution is 5.75. The van der Waals surface area contributed by atoms with Crippen LogP contribution in [-0.2, 0) is 11.2 Å². The third-order valence-electron chi connectivity index (χ3n) is 6.31. The van der Waals surface area contributed by atoms with Crippen molar-refractivity contribution < 1.29 is 28.2 Å². The number of nitrogens with zero attached hydrogens (tertiary/aromatic N) is 5. The summed E-state index contributed by atoms with van der Waals surface area (Å²) in [5.41, 5.74) is 8.34. The van der Waals surface area contributed by atoms with E-state index in [4.69, 9.17) is 24.7 Å². The number of hydrogen-bond acceptors (Lipinski definition) is 8. The minimum Gasteiger partial charge on any atom is -0.497 e. The predicted octanol–water partition coefficient (Wildman–Crippen LogP) is 0.986. The molecule has 2 aromatic carbocycles. The van der Waals surface area contributed by atoms with Crippen LogP contribution in [0.2, 0.25) is 0 Å². The molecular weight excluding hydrogens is 428 g/mol. The van der Waals surface area contributed by atoms with Crippen molar-refractivity contribution in [3.05, 3.63) is 47.3 Å². The van der Waals surface area contributed by atoms with E-state index >= 15 is 0 Å². The first-order valence-electron chi connectivity index (χ1n) is 10.5. The van der Waals surface area contributed by atoms with Crippen LogP contribution in [0.25, 0.3) is 5.69 Å². The lowest BCUT2D eigenvalue weighted by atomic mass is 9.88. The molecule has 0 saturated heterocycles. The molecule has 2 N–H and O–H groups in total. The zero-order valence-corrected chi connectivity index (χ0v) is 18.6. The van der Waals surface area contributed by atoms with Gasteiger partial charge in [-0.3, -0.25) is 4.79 Å². The van der Waals surface area contributed by atoms with Crippen molar-refractivity contribution >= 4 is 5.91 Å². The molecule has 0 fully saturated rings. The number of ether oxygens (including phenoxy) is 4. The fourth-order valence-electron chi connectivity index (χ4n) is 4.81. The number of primary amides is 1. The molecule has 2 aliphatic rings. The van der Waals surface area contributed by atoms with E-state index in [1.807, 2.05) is 37.4 Å². The van der Waals surface area contributed by atoms with Crippen LogP contribution in [0.5, 0.6) is 23.0 Å². The Labute approximate surface area is 190 Å². The van der Waals surface area contributed by atoms with E-state index in [9.17, 15) is 4.79 Å². The van der Waals surface area contributed by atoms with Gasteiger partial charge < -0.3 is 29.2 Å². The lowest BCUT2D eigenvalue weighted by Gasteiger charge is -2.44. The van der Waals surface area contributed by atoms with Gasteiger partial charge in [0.15, 0.2) is 24.1 Å². The second-order valence-corrected chi connectivity index (χ2v) is 8.34. The maximum atomic E-state index is 12.1. The molecule has 11 nitrogen and oxygen atoms in total. The molecule has 0 bridgehead atoms. The number of quaternary nitrogens is 1. The molecule has 5 rings (SSSR count). The molecule has 11 heteroatoms. The number of hydrogen-bond donors (Lipinski definition) is 1. The number of benzene rings is 2. The van der Waals surface area contributed by atoms with Crippen LogP contribution in [0, 0.1) is 0 Å². The minimum atomic E-state index is -0.442. The molecule has 2 aliphatic heterocycles. The Morgan fingerprint density at radius 2 is 2.03 bits per heavy atom. The first kappa shape index (κ1) is 21.0. The third kappa shape index (κ3) is 3.41. The number of aromatic nitrogens is 4. The number of methoxy groups -OCH3 is 2. The average Bonchev–Trinajstić information content (AvgIpc) is 3.46. The largest absolute Gasteiger partial charge is 0.497 e. The highest BCUT2D eigenvalue weighted by atomic mass is 16.7. The molecule has 172 valence electrons. The van der Waals surface area contributed by atoms with Gasteiger partial charge >= 0.3 is 0 Å². The molecule has 3 heterocycles. The van der Waals surface area contributed by atoms with Gasteiger partial charge in [0.25, 0.3) is 5.91 Å². The molecule has 0 radical (unpaired) electrons. The first-order valence-corrected chi connectivity index (χ1v) is 10.5. The third-order valence-corrected chi connectivity index (χ3v) is 6.31. The summed E-state index contributed by atoms with van der Waals surface area (Å²) in [6.07, 6.45) is 0.701. The molecule has 0 unspecified atom stereocenters. The highest BCUT2D eigenvalue weighted by Gasteiger charge is 2.48. The van der Waals surface area contributed by atoms with Crippen molar-refractivity contribution in [3.63, 3.8) is 0 Å². The number of nitrogens with two attached hydrogens (primary N) is 1. The Morgan fingerprint density at radius 3 is 2.73 bits per heavy atom. The normalized spacial score (nSPS) is 20.9. The summed E-state index contributed by atoms with van der Waals surface area (Å²) in [6, 6.07) is 8.96. The van der Waals surface area contributed by atoms with Gasteiger partial charge in [0, 0.05) is 6.42 Å². The summed E-state index contributed by atoms with van der Waals surface area (Å²) in [6.45, 7) is 0.881. The fourth-order valence-corrected chi connectivity index (χ4v) is 4.81. The van der Waals surface area contributed by atoms with E-state index < -0.39 is 11.9 Å². The van der Waals surface area contributed by atoms with Gasteiger partial charge in [0.1, 0.15) is 5.75 Å². The quantitative estimate of drug-likeness (QED) is 0.548. The monoisotopic (exact) mass is 453 g/mol. The number of likely N-dealkylation sites (N-methyl/N-ethyl adjacent to an activating group) is 1. The summed E-state index contributed by atoms with van der Waals surface area (Å²) >= 11 is 0. The van der Waals surface area contributed by atoms with Gasteiger partial charge in [-0.15, -0.1) is 5.10 Å². The molecular formula is C22H25N6O5+. The van der Waals surface area contributed by atoms with Crippen LogP contribution >= 0.6 is 0 Å². The minimum absolute atomic E-state index is 0.108. The molecule has 0 aliphatic carbocycles. The van der Waals surface area contributed by atoms with Crippen molar-refractivity contribution in [2.45, 2.75) is 12.5 Å². The van der Waals surface area contributed by atoms with Gasteiger partial charge in [-0.1, -0.05) is 0 Å². The number of amides is 1. The zero-order chi connectivity index (χ0) is 23.2. The lowest BCUT2D eigenvalue weighted by Crippen LogP contribution is -2.56. The molecule has 3 aromatic rings. The Kier molecular flexibility index (Phi) is 5.05. The Bertz CT molecular complexity index is 1210. The van der Waals surface area contributed by atoms with Gasteiger partial charge in [0.2, 0.25) is 18.4 Å². The second-order valence-electron chi connectivity index (χ2n) is 8.34. The molecule has 33 heavy (non-hydrogen) atoms. The number of tetrazole rings is 1.